The molecule has 0 heterocycles. The summed E-state index contributed by atoms with van der Waals surface area (Å²) in [5.41, 5.74) is 6.36. The molecule has 0 aromatic heterocycles. The molecule has 0 spiro atoms. The molecule has 20 heavy (non-hydrogen) atoms. The van der Waals surface area contributed by atoms with Crippen LogP contribution in [0, 0.1) is 11.3 Å². The number of ether oxygens (including phenoxy) is 1. The van der Waals surface area contributed by atoms with Crippen molar-refractivity contribution in [2.24, 2.45) is 22.1 Å². The number of nitrogens with two attached hydrogens (primary N) is 1. The molecular weight excluding hydrogens is 250 g/mol. The fourth-order valence-corrected chi connectivity index (χ4v) is 3.26. The number of hydrogen-bond acceptors (Lipinski definition) is 2. The zero-order valence-corrected chi connectivity index (χ0v) is 13.6. The standard InChI is InChI=1S/C16H33N3O/c1-4-20-11-7-10-18-15(17)19-13-16(12-14(2)3)8-5-6-9-16/h14H,4-13H2,1-3H3,(H3,17,18,19). The minimum Gasteiger partial charge on any atom is -0.382 e. The Morgan fingerprint density at radius 1 is 1.35 bits per heavy atom. The van der Waals surface area contributed by atoms with Crippen LogP contribution in [0.1, 0.15) is 59.3 Å². The average Bonchev–Trinajstić information content (AvgIpc) is 2.84. The van der Waals surface area contributed by atoms with E-state index in [1.807, 2.05) is 6.92 Å². The summed E-state index contributed by atoms with van der Waals surface area (Å²) in [6.45, 7) is 9.91. The van der Waals surface area contributed by atoms with E-state index in [-0.39, 0.29) is 0 Å². The third-order valence-electron chi connectivity index (χ3n) is 4.07. The van der Waals surface area contributed by atoms with Crippen LogP contribution in [0.15, 0.2) is 4.99 Å². The van der Waals surface area contributed by atoms with Gasteiger partial charge in [-0.15, -0.1) is 0 Å². The van der Waals surface area contributed by atoms with Crippen molar-refractivity contribution in [1.82, 2.24) is 5.32 Å². The van der Waals surface area contributed by atoms with Gasteiger partial charge in [0.25, 0.3) is 0 Å². The predicted octanol–water partition coefficient (Wildman–Crippen LogP) is 2.92. The Labute approximate surface area is 124 Å². The van der Waals surface area contributed by atoms with Crippen LogP contribution in [-0.2, 0) is 4.74 Å². The van der Waals surface area contributed by atoms with Crippen LogP contribution in [-0.4, -0.2) is 32.3 Å². The molecule has 0 amide bonds. The van der Waals surface area contributed by atoms with Crippen LogP contribution < -0.4 is 11.1 Å². The summed E-state index contributed by atoms with van der Waals surface area (Å²) in [5.74, 6) is 1.33. The Balaban J connectivity index is 2.31. The first-order valence-electron chi connectivity index (χ1n) is 8.19. The van der Waals surface area contributed by atoms with Crippen molar-refractivity contribution in [3.8, 4) is 0 Å². The summed E-state index contributed by atoms with van der Waals surface area (Å²) in [7, 11) is 0. The van der Waals surface area contributed by atoms with Gasteiger partial charge in [-0.3, -0.25) is 4.99 Å². The van der Waals surface area contributed by atoms with Gasteiger partial charge >= 0.3 is 0 Å². The van der Waals surface area contributed by atoms with Gasteiger partial charge in [-0.2, -0.15) is 0 Å². The highest BCUT2D eigenvalue weighted by atomic mass is 16.5. The molecule has 0 unspecified atom stereocenters. The third kappa shape index (κ3) is 6.60. The van der Waals surface area contributed by atoms with E-state index in [9.17, 15) is 0 Å². The molecule has 1 saturated carbocycles. The molecule has 4 heteroatoms. The summed E-state index contributed by atoms with van der Waals surface area (Å²) < 4.78 is 5.30. The van der Waals surface area contributed by atoms with Gasteiger partial charge in [-0.1, -0.05) is 26.7 Å². The SMILES string of the molecule is CCOCCCNC(N)=NCC1(CC(C)C)CCCC1. The molecule has 1 aliphatic rings. The molecule has 0 aromatic rings. The average molecular weight is 283 g/mol. The van der Waals surface area contributed by atoms with E-state index < -0.39 is 0 Å². The fourth-order valence-electron chi connectivity index (χ4n) is 3.26. The Hall–Kier alpha value is -0.770. The number of rotatable bonds is 9. The summed E-state index contributed by atoms with van der Waals surface area (Å²) in [5, 5.41) is 3.18. The normalized spacial score (nSPS) is 18.7. The van der Waals surface area contributed by atoms with Crippen molar-refractivity contribution < 1.29 is 4.74 Å². The highest BCUT2D eigenvalue weighted by Crippen LogP contribution is 2.43. The van der Waals surface area contributed by atoms with Crippen molar-refractivity contribution in [1.29, 1.82) is 0 Å². The lowest BCUT2D eigenvalue weighted by atomic mass is 9.78. The Morgan fingerprint density at radius 2 is 2.05 bits per heavy atom. The van der Waals surface area contributed by atoms with Crippen LogP contribution in [0.4, 0.5) is 0 Å². The zero-order valence-electron chi connectivity index (χ0n) is 13.6. The van der Waals surface area contributed by atoms with E-state index in [0.717, 1.165) is 38.6 Å². The van der Waals surface area contributed by atoms with E-state index in [1.165, 1.54) is 32.1 Å². The van der Waals surface area contributed by atoms with E-state index in [2.05, 4.69) is 24.2 Å². The third-order valence-corrected chi connectivity index (χ3v) is 4.07. The molecule has 0 radical (unpaired) electrons. The van der Waals surface area contributed by atoms with Crippen LogP contribution in [0.25, 0.3) is 0 Å². The highest BCUT2D eigenvalue weighted by Gasteiger charge is 2.34. The maximum Gasteiger partial charge on any atom is 0.188 e. The Bertz CT molecular complexity index is 283. The monoisotopic (exact) mass is 283 g/mol. The lowest BCUT2D eigenvalue weighted by Crippen LogP contribution is -2.34. The number of guanidine groups is 1. The number of hydrogen-bond donors (Lipinski definition) is 2. The van der Waals surface area contributed by atoms with Gasteiger partial charge in [-0.05, 0) is 43.9 Å². The second kappa shape index (κ2) is 9.22. The van der Waals surface area contributed by atoms with Crippen molar-refractivity contribution >= 4 is 5.96 Å². The topological polar surface area (TPSA) is 59.6 Å². The van der Waals surface area contributed by atoms with Gasteiger partial charge in [-0.25, -0.2) is 0 Å². The van der Waals surface area contributed by atoms with Crippen molar-refractivity contribution in [3.05, 3.63) is 0 Å². The molecule has 1 rings (SSSR count). The maximum atomic E-state index is 5.95. The molecule has 3 N–H and O–H groups in total. The molecule has 118 valence electrons. The quantitative estimate of drug-likeness (QED) is 0.388. The van der Waals surface area contributed by atoms with Gasteiger partial charge < -0.3 is 15.8 Å². The summed E-state index contributed by atoms with van der Waals surface area (Å²) >= 11 is 0. The smallest absolute Gasteiger partial charge is 0.188 e. The summed E-state index contributed by atoms with van der Waals surface area (Å²) in [4.78, 5) is 4.59. The van der Waals surface area contributed by atoms with Gasteiger partial charge in [0, 0.05) is 26.3 Å². The van der Waals surface area contributed by atoms with E-state index >= 15 is 0 Å². The molecule has 1 aliphatic carbocycles. The second-order valence-electron chi connectivity index (χ2n) is 6.48. The maximum absolute atomic E-state index is 5.95. The highest BCUT2D eigenvalue weighted by molar-refractivity contribution is 5.77. The van der Waals surface area contributed by atoms with Gasteiger partial charge in [0.1, 0.15) is 0 Å². The van der Waals surface area contributed by atoms with Crippen molar-refractivity contribution in [2.45, 2.75) is 59.3 Å². The molecule has 0 aliphatic heterocycles. The molecule has 0 aromatic carbocycles. The summed E-state index contributed by atoms with van der Waals surface area (Å²) in [6.07, 6.45) is 7.57. The molecular formula is C16H33N3O. The van der Waals surface area contributed by atoms with Crippen LogP contribution in [0.5, 0.6) is 0 Å². The first kappa shape index (κ1) is 17.3. The minimum absolute atomic E-state index is 0.409. The molecule has 0 atom stereocenters. The molecule has 0 saturated heterocycles. The molecule has 4 nitrogen and oxygen atoms in total. The second-order valence-corrected chi connectivity index (χ2v) is 6.48. The minimum atomic E-state index is 0.409. The lowest BCUT2D eigenvalue weighted by Gasteiger charge is -2.29. The van der Waals surface area contributed by atoms with Crippen molar-refractivity contribution in [2.75, 3.05) is 26.3 Å². The van der Waals surface area contributed by atoms with E-state index in [1.54, 1.807) is 0 Å². The van der Waals surface area contributed by atoms with Gasteiger partial charge in [0.05, 0.1) is 0 Å². The number of nitrogens with one attached hydrogen (secondary N) is 1. The van der Waals surface area contributed by atoms with Gasteiger partial charge in [0.2, 0.25) is 0 Å². The number of nitrogens with zero attached hydrogens (tertiary/aromatic N) is 1. The Kier molecular flexibility index (Phi) is 7.97. The first-order valence-corrected chi connectivity index (χ1v) is 8.19. The molecule has 0 bridgehead atoms. The van der Waals surface area contributed by atoms with Crippen LogP contribution in [0.3, 0.4) is 0 Å². The van der Waals surface area contributed by atoms with E-state index in [0.29, 0.717) is 11.4 Å². The predicted molar refractivity (Wildman–Crippen MR) is 86.0 cm³/mol. The number of aliphatic imine (C=N–C) groups is 1. The van der Waals surface area contributed by atoms with Gasteiger partial charge in [0.15, 0.2) is 5.96 Å². The van der Waals surface area contributed by atoms with Crippen LogP contribution in [0.2, 0.25) is 0 Å². The summed E-state index contributed by atoms with van der Waals surface area (Å²) in [6, 6.07) is 0. The largest absolute Gasteiger partial charge is 0.382 e. The van der Waals surface area contributed by atoms with E-state index in [4.69, 9.17) is 10.5 Å². The lowest BCUT2D eigenvalue weighted by molar-refractivity contribution is 0.145. The molecule has 1 fully saturated rings. The first-order chi connectivity index (χ1) is 9.58. The van der Waals surface area contributed by atoms with Crippen molar-refractivity contribution in [3.63, 3.8) is 0 Å². The zero-order chi connectivity index (χ0) is 14.8. The van der Waals surface area contributed by atoms with Crippen LogP contribution >= 0.6 is 0 Å². The Morgan fingerprint density at radius 3 is 2.65 bits per heavy atom. The fraction of sp³-hybridized carbons (Fsp3) is 0.938.